The lowest BCUT2D eigenvalue weighted by molar-refractivity contribution is 0.155. The van der Waals surface area contributed by atoms with Crippen LogP contribution in [-0.2, 0) is 6.42 Å². The number of rotatable bonds is 8. The standard InChI is InChI=1S/C24H28N4O5/c1-31-18-11-7-16(8-12-18)15-21(22-27-24(30)33-28-22)26-23(29)25-17-9-13-20(14-10-17)32-19-5-3-2-4-6-19/h7-14,19,21H,2-6,15H2,1H3,(H2,25,26,29)(H,27,28,30). The van der Waals surface area contributed by atoms with E-state index in [2.05, 4.69) is 25.3 Å². The Morgan fingerprint density at radius 2 is 1.79 bits per heavy atom. The number of H-pyrrole nitrogens is 1. The summed E-state index contributed by atoms with van der Waals surface area (Å²) in [6.07, 6.45) is 6.53. The van der Waals surface area contributed by atoms with E-state index in [-0.39, 0.29) is 11.9 Å². The number of benzene rings is 2. The van der Waals surface area contributed by atoms with Gasteiger partial charge >= 0.3 is 11.8 Å². The Morgan fingerprint density at radius 3 is 2.42 bits per heavy atom. The van der Waals surface area contributed by atoms with Crippen molar-refractivity contribution >= 4 is 11.7 Å². The lowest BCUT2D eigenvalue weighted by Crippen LogP contribution is -2.34. The minimum atomic E-state index is -0.680. The molecule has 1 atom stereocenters. The lowest BCUT2D eigenvalue weighted by Gasteiger charge is -2.23. The van der Waals surface area contributed by atoms with E-state index >= 15 is 0 Å². The van der Waals surface area contributed by atoms with Gasteiger partial charge in [0.1, 0.15) is 11.5 Å². The predicted molar refractivity (Wildman–Crippen MR) is 123 cm³/mol. The van der Waals surface area contributed by atoms with Crippen molar-refractivity contribution in [3.8, 4) is 11.5 Å². The van der Waals surface area contributed by atoms with Crippen molar-refractivity contribution in [1.29, 1.82) is 0 Å². The molecule has 4 rings (SSSR count). The lowest BCUT2D eigenvalue weighted by atomic mass is 9.98. The number of carbonyl (C=O) groups excluding carboxylic acids is 1. The van der Waals surface area contributed by atoms with Crippen LogP contribution in [0, 0.1) is 0 Å². The summed E-state index contributed by atoms with van der Waals surface area (Å²) in [5.74, 6) is 1.08. The highest BCUT2D eigenvalue weighted by Gasteiger charge is 2.20. The Labute approximate surface area is 191 Å². The Hall–Kier alpha value is -3.75. The number of amides is 2. The van der Waals surface area contributed by atoms with Gasteiger partial charge < -0.3 is 20.1 Å². The first-order valence-electron chi connectivity index (χ1n) is 11.1. The fourth-order valence-electron chi connectivity index (χ4n) is 3.92. The van der Waals surface area contributed by atoms with Crippen LogP contribution in [0.1, 0.15) is 49.5 Å². The quantitative estimate of drug-likeness (QED) is 0.472. The first-order valence-corrected chi connectivity index (χ1v) is 11.1. The molecule has 3 aromatic rings. The van der Waals surface area contributed by atoms with Crippen LogP contribution in [0.3, 0.4) is 0 Å². The van der Waals surface area contributed by atoms with Crippen molar-refractivity contribution in [3.63, 3.8) is 0 Å². The molecule has 1 aliphatic rings. The molecular weight excluding hydrogens is 424 g/mol. The van der Waals surface area contributed by atoms with Gasteiger partial charge in [0.25, 0.3) is 0 Å². The van der Waals surface area contributed by atoms with Crippen LogP contribution in [0.25, 0.3) is 0 Å². The van der Waals surface area contributed by atoms with E-state index in [1.54, 1.807) is 19.2 Å². The molecule has 1 aliphatic carbocycles. The molecule has 0 aliphatic heterocycles. The van der Waals surface area contributed by atoms with Crippen LogP contribution in [0.2, 0.25) is 0 Å². The van der Waals surface area contributed by atoms with Crippen LogP contribution in [0.15, 0.2) is 57.8 Å². The number of methoxy groups -OCH3 is 1. The summed E-state index contributed by atoms with van der Waals surface area (Å²) >= 11 is 0. The zero-order valence-electron chi connectivity index (χ0n) is 18.5. The van der Waals surface area contributed by atoms with Crippen molar-refractivity contribution < 1.29 is 18.8 Å². The molecule has 0 radical (unpaired) electrons. The summed E-state index contributed by atoms with van der Waals surface area (Å²) in [6.45, 7) is 0. The molecule has 174 valence electrons. The molecule has 1 heterocycles. The Balaban J connectivity index is 1.38. The maximum absolute atomic E-state index is 12.7. The monoisotopic (exact) mass is 452 g/mol. The summed E-state index contributed by atoms with van der Waals surface area (Å²) < 4.78 is 15.8. The minimum absolute atomic E-state index is 0.238. The average molecular weight is 453 g/mol. The number of anilines is 1. The second kappa shape index (κ2) is 10.7. The molecule has 1 unspecified atom stereocenters. The zero-order chi connectivity index (χ0) is 23.0. The highest BCUT2D eigenvalue weighted by Crippen LogP contribution is 2.24. The van der Waals surface area contributed by atoms with Gasteiger partial charge in [-0.25, -0.2) is 9.59 Å². The Morgan fingerprint density at radius 1 is 1.09 bits per heavy atom. The van der Waals surface area contributed by atoms with Gasteiger partial charge in [0, 0.05) is 12.1 Å². The molecule has 33 heavy (non-hydrogen) atoms. The third-order valence-corrected chi connectivity index (χ3v) is 5.66. The topological polar surface area (TPSA) is 118 Å². The molecule has 2 amide bonds. The molecule has 1 fully saturated rings. The Bertz CT molecular complexity index is 1090. The smallest absolute Gasteiger partial charge is 0.438 e. The third-order valence-electron chi connectivity index (χ3n) is 5.66. The van der Waals surface area contributed by atoms with Gasteiger partial charge in [-0.2, -0.15) is 0 Å². The molecule has 0 bridgehead atoms. The van der Waals surface area contributed by atoms with E-state index in [1.807, 2.05) is 36.4 Å². The number of aromatic nitrogens is 2. The van der Waals surface area contributed by atoms with Gasteiger partial charge in [-0.15, -0.1) is 0 Å². The van der Waals surface area contributed by atoms with Gasteiger partial charge in [-0.05, 0) is 67.6 Å². The second-order valence-corrected chi connectivity index (χ2v) is 8.09. The number of carbonyl (C=O) groups is 1. The molecular formula is C24H28N4O5. The summed E-state index contributed by atoms with van der Waals surface area (Å²) in [6, 6.07) is 13.7. The number of urea groups is 1. The minimum Gasteiger partial charge on any atom is -0.497 e. The number of hydrogen-bond donors (Lipinski definition) is 3. The fourth-order valence-corrected chi connectivity index (χ4v) is 3.92. The van der Waals surface area contributed by atoms with Crippen LogP contribution in [0.5, 0.6) is 11.5 Å². The van der Waals surface area contributed by atoms with Crippen LogP contribution < -0.4 is 25.9 Å². The highest BCUT2D eigenvalue weighted by atomic mass is 16.5. The molecule has 9 heteroatoms. The van der Waals surface area contributed by atoms with Gasteiger partial charge in [0.15, 0.2) is 5.82 Å². The predicted octanol–water partition coefficient (Wildman–Crippen LogP) is 4.19. The zero-order valence-corrected chi connectivity index (χ0v) is 18.5. The van der Waals surface area contributed by atoms with E-state index in [1.165, 1.54) is 19.3 Å². The number of ether oxygens (including phenoxy) is 2. The van der Waals surface area contributed by atoms with Gasteiger partial charge in [-0.1, -0.05) is 23.7 Å². The number of aromatic amines is 1. The van der Waals surface area contributed by atoms with E-state index in [9.17, 15) is 9.59 Å². The SMILES string of the molecule is COc1ccc(CC(NC(=O)Nc2ccc(OC3CCCCC3)cc2)c2noc(=O)[nH]2)cc1. The summed E-state index contributed by atoms with van der Waals surface area (Å²) in [5, 5.41) is 9.40. The van der Waals surface area contributed by atoms with Crippen molar-refractivity contribution in [1.82, 2.24) is 15.5 Å². The number of nitrogens with zero attached hydrogens (tertiary/aromatic N) is 1. The van der Waals surface area contributed by atoms with Crippen LogP contribution >= 0.6 is 0 Å². The molecule has 2 aromatic carbocycles. The first-order chi connectivity index (χ1) is 16.1. The van der Waals surface area contributed by atoms with Gasteiger partial charge in [0.05, 0.1) is 19.3 Å². The van der Waals surface area contributed by atoms with Crippen LogP contribution in [0.4, 0.5) is 10.5 Å². The highest BCUT2D eigenvalue weighted by molar-refractivity contribution is 5.89. The largest absolute Gasteiger partial charge is 0.497 e. The van der Waals surface area contributed by atoms with Crippen LogP contribution in [-0.4, -0.2) is 29.4 Å². The van der Waals surface area contributed by atoms with E-state index in [4.69, 9.17) is 9.47 Å². The summed E-state index contributed by atoms with van der Waals surface area (Å²) in [7, 11) is 1.60. The Kier molecular flexibility index (Phi) is 7.29. The van der Waals surface area contributed by atoms with Crippen molar-refractivity contribution in [2.24, 2.45) is 0 Å². The van der Waals surface area contributed by atoms with Crippen molar-refractivity contribution in [3.05, 3.63) is 70.5 Å². The maximum atomic E-state index is 12.7. The maximum Gasteiger partial charge on any atom is 0.438 e. The van der Waals surface area contributed by atoms with Crippen molar-refractivity contribution in [2.75, 3.05) is 12.4 Å². The van der Waals surface area contributed by atoms with E-state index in [0.717, 1.165) is 29.9 Å². The normalized spacial score (nSPS) is 14.9. The molecule has 0 spiro atoms. The molecule has 9 nitrogen and oxygen atoms in total. The average Bonchev–Trinajstić information content (AvgIpc) is 3.27. The van der Waals surface area contributed by atoms with Gasteiger partial charge in [0.2, 0.25) is 0 Å². The third kappa shape index (κ3) is 6.38. The summed E-state index contributed by atoms with van der Waals surface area (Å²) in [4.78, 5) is 26.6. The molecule has 0 saturated heterocycles. The first kappa shape index (κ1) is 22.4. The second-order valence-electron chi connectivity index (χ2n) is 8.09. The van der Waals surface area contributed by atoms with Crippen molar-refractivity contribution in [2.45, 2.75) is 50.7 Å². The summed E-state index contributed by atoms with van der Waals surface area (Å²) in [5.41, 5.74) is 1.55. The molecule has 1 aromatic heterocycles. The number of hydrogen-bond acceptors (Lipinski definition) is 6. The van der Waals surface area contributed by atoms with E-state index < -0.39 is 17.8 Å². The number of nitrogens with one attached hydrogen (secondary N) is 3. The molecule has 3 N–H and O–H groups in total. The van der Waals surface area contributed by atoms with Gasteiger partial charge in [-0.3, -0.25) is 9.51 Å². The molecule has 1 saturated carbocycles. The fraction of sp³-hybridized carbons (Fsp3) is 0.375. The van der Waals surface area contributed by atoms with E-state index in [0.29, 0.717) is 12.1 Å².